The van der Waals surface area contributed by atoms with Crippen molar-refractivity contribution in [1.29, 1.82) is 0 Å². The van der Waals surface area contributed by atoms with Gasteiger partial charge in [0.1, 0.15) is 0 Å². The zero-order valence-electron chi connectivity index (χ0n) is 13.1. The Balaban J connectivity index is 1.75. The zero-order chi connectivity index (χ0) is 14.4. The van der Waals surface area contributed by atoms with Crippen molar-refractivity contribution in [2.75, 3.05) is 32.4 Å². The van der Waals surface area contributed by atoms with Gasteiger partial charge in [0.2, 0.25) is 0 Å². The van der Waals surface area contributed by atoms with Gasteiger partial charge in [-0.2, -0.15) is 0 Å². The van der Waals surface area contributed by atoms with Crippen molar-refractivity contribution in [2.45, 2.75) is 37.6 Å². The minimum Gasteiger partial charge on any atom is -0.310 e. The van der Waals surface area contributed by atoms with Crippen LogP contribution in [0.3, 0.4) is 0 Å². The number of benzene rings is 1. The predicted octanol–water partition coefficient (Wildman–Crippen LogP) is 3.79. The van der Waals surface area contributed by atoms with E-state index in [1.54, 1.807) is 11.8 Å². The maximum atomic E-state index is 3.71. The quantitative estimate of drug-likeness (QED) is 0.803. The Hall–Kier alpha value is -0.510. The number of hydrogen-bond acceptors (Lipinski definition) is 3. The van der Waals surface area contributed by atoms with Crippen molar-refractivity contribution in [2.24, 2.45) is 5.92 Å². The number of hydrogen-bond donors (Lipinski definition) is 1. The van der Waals surface area contributed by atoms with Gasteiger partial charge in [0, 0.05) is 10.9 Å². The van der Waals surface area contributed by atoms with E-state index in [1.165, 1.54) is 42.9 Å². The van der Waals surface area contributed by atoms with Gasteiger partial charge in [0.15, 0.2) is 0 Å². The highest BCUT2D eigenvalue weighted by Gasteiger charge is 2.18. The lowest BCUT2D eigenvalue weighted by atomic mass is 9.96. The molecule has 1 saturated heterocycles. The molecule has 2 nitrogen and oxygen atoms in total. The molecule has 20 heavy (non-hydrogen) atoms. The summed E-state index contributed by atoms with van der Waals surface area (Å²) < 4.78 is 0. The van der Waals surface area contributed by atoms with E-state index in [-0.39, 0.29) is 0 Å². The van der Waals surface area contributed by atoms with Crippen LogP contribution in [0.2, 0.25) is 0 Å². The second kappa shape index (κ2) is 8.06. The van der Waals surface area contributed by atoms with E-state index in [4.69, 9.17) is 0 Å². The molecule has 1 N–H and O–H groups in total. The van der Waals surface area contributed by atoms with Crippen molar-refractivity contribution in [3.63, 3.8) is 0 Å². The number of rotatable bonds is 6. The van der Waals surface area contributed by atoms with Gasteiger partial charge in [-0.05, 0) is 75.8 Å². The van der Waals surface area contributed by atoms with Gasteiger partial charge >= 0.3 is 0 Å². The third-order valence-electron chi connectivity index (χ3n) is 4.48. The molecule has 3 heteroatoms. The fraction of sp³-hybridized carbons (Fsp3) is 0.647. The molecule has 1 aromatic rings. The van der Waals surface area contributed by atoms with Crippen LogP contribution in [0.1, 0.15) is 38.3 Å². The number of thioether (sulfide) groups is 1. The average molecular weight is 292 g/mol. The molecule has 0 radical (unpaired) electrons. The summed E-state index contributed by atoms with van der Waals surface area (Å²) in [7, 11) is 0. The minimum absolute atomic E-state index is 0.454. The van der Waals surface area contributed by atoms with Crippen molar-refractivity contribution in [3.05, 3.63) is 29.8 Å². The van der Waals surface area contributed by atoms with Crippen LogP contribution in [0.4, 0.5) is 0 Å². The van der Waals surface area contributed by atoms with E-state index >= 15 is 0 Å². The van der Waals surface area contributed by atoms with E-state index in [0.29, 0.717) is 6.04 Å². The van der Waals surface area contributed by atoms with Crippen LogP contribution in [0.5, 0.6) is 0 Å². The van der Waals surface area contributed by atoms with Crippen molar-refractivity contribution in [3.8, 4) is 0 Å². The second-order valence-corrected chi connectivity index (χ2v) is 6.66. The zero-order valence-corrected chi connectivity index (χ0v) is 13.9. The molecule has 0 aromatic heterocycles. The van der Waals surface area contributed by atoms with Crippen LogP contribution in [0.25, 0.3) is 0 Å². The molecule has 0 saturated carbocycles. The van der Waals surface area contributed by atoms with E-state index < -0.39 is 0 Å². The summed E-state index contributed by atoms with van der Waals surface area (Å²) in [6.45, 7) is 9.45. The molecule has 2 rings (SSSR count). The highest BCUT2D eigenvalue weighted by molar-refractivity contribution is 7.98. The van der Waals surface area contributed by atoms with Gasteiger partial charge in [-0.1, -0.05) is 19.1 Å². The number of piperidine rings is 1. The van der Waals surface area contributed by atoms with Gasteiger partial charge in [0.05, 0.1) is 0 Å². The van der Waals surface area contributed by atoms with Gasteiger partial charge in [-0.25, -0.2) is 0 Å². The van der Waals surface area contributed by atoms with Crippen LogP contribution in [-0.2, 0) is 0 Å². The van der Waals surface area contributed by atoms with E-state index in [1.807, 2.05) is 0 Å². The van der Waals surface area contributed by atoms with E-state index in [2.05, 4.69) is 54.6 Å². The Bertz CT molecular complexity index is 382. The summed E-state index contributed by atoms with van der Waals surface area (Å²) in [6.07, 6.45) is 4.82. The van der Waals surface area contributed by atoms with Crippen molar-refractivity contribution in [1.82, 2.24) is 10.2 Å². The first-order valence-electron chi connectivity index (χ1n) is 7.82. The van der Waals surface area contributed by atoms with Crippen molar-refractivity contribution >= 4 is 11.8 Å². The summed E-state index contributed by atoms with van der Waals surface area (Å²) in [5, 5.41) is 3.71. The molecule has 0 bridgehead atoms. The van der Waals surface area contributed by atoms with Gasteiger partial charge < -0.3 is 10.2 Å². The highest BCUT2D eigenvalue weighted by Crippen LogP contribution is 2.20. The topological polar surface area (TPSA) is 15.3 Å². The van der Waals surface area contributed by atoms with Gasteiger partial charge in [-0.15, -0.1) is 11.8 Å². The Labute approximate surface area is 128 Å². The van der Waals surface area contributed by atoms with Crippen LogP contribution in [0.15, 0.2) is 29.2 Å². The molecule has 1 atom stereocenters. The minimum atomic E-state index is 0.454. The standard InChI is InChI=1S/C17H28N2S/c1-4-19-11-9-15(10-12-19)13-18-14(2)16-5-7-17(20-3)8-6-16/h5-8,14-15,18H,4,9-13H2,1-3H3. The summed E-state index contributed by atoms with van der Waals surface area (Å²) in [4.78, 5) is 3.90. The molecule has 0 spiro atoms. The fourth-order valence-electron chi connectivity index (χ4n) is 2.86. The average Bonchev–Trinajstić information content (AvgIpc) is 2.53. The lowest BCUT2D eigenvalue weighted by molar-refractivity contribution is 0.188. The molecule has 1 unspecified atom stereocenters. The molecular weight excluding hydrogens is 264 g/mol. The number of likely N-dealkylation sites (tertiary alicyclic amines) is 1. The first-order valence-corrected chi connectivity index (χ1v) is 9.05. The predicted molar refractivity (Wildman–Crippen MR) is 89.5 cm³/mol. The highest BCUT2D eigenvalue weighted by atomic mass is 32.2. The second-order valence-electron chi connectivity index (χ2n) is 5.78. The third-order valence-corrected chi connectivity index (χ3v) is 5.23. The molecular formula is C17H28N2S. The van der Waals surface area contributed by atoms with Crippen LogP contribution < -0.4 is 5.32 Å². The van der Waals surface area contributed by atoms with Gasteiger partial charge in [-0.3, -0.25) is 0 Å². The first kappa shape index (κ1) is 15.9. The van der Waals surface area contributed by atoms with Crippen LogP contribution >= 0.6 is 11.8 Å². The molecule has 0 amide bonds. The molecule has 1 aliphatic heterocycles. The summed E-state index contributed by atoms with van der Waals surface area (Å²) >= 11 is 1.80. The lowest BCUT2D eigenvalue weighted by Gasteiger charge is -2.31. The molecule has 1 fully saturated rings. The molecule has 0 aliphatic carbocycles. The number of nitrogens with zero attached hydrogens (tertiary/aromatic N) is 1. The lowest BCUT2D eigenvalue weighted by Crippen LogP contribution is -2.37. The first-order chi connectivity index (χ1) is 9.72. The summed E-state index contributed by atoms with van der Waals surface area (Å²) in [6, 6.07) is 9.40. The smallest absolute Gasteiger partial charge is 0.0291 e. The Morgan fingerprint density at radius 2 is 1.90 bits per heavy atom. The molecule has 1 heterocycles. The van der Waals surface area contributed by atoms with Crippen LogP contribution in [-0.4, -0.2) is 37.3 Å². The fourth-order valence-corrected chi connectivity index (χ4v) is 3.27. The summed E-state index contributed by atoms with van der Waals surface area (Å²) in [5.41, 5.74) is 1.40. The number of nitrogens with one attached hydrogen (secondary N) is 1. The molecule has 1 aliphatic rings. The Kier molecular flexibility index (Phi) is 6.40. The third kappa shape index (κ3) is 4.51. The maximum absolute atomic E-state index is 3.71. The SMILES string of the molecule is CCN1CCC(CNC(C)c2ccc(SC)cc2)CC1. The monoisotopic (exact) mass is 292 g/mol. The normalized spacial score (nSPS) is 19.1. The molecule has 112 valence electrons. The van der Waals surface area contributed by atoms with E-state index in [0.717, 1.165) is 12.5 Å². The summed E-state index contributed by atoms with van der Waals surface area (Å²) in [5.74, 6) is 0.853. The maximum Gasteiger partial charge on any atom is 0.0291 e. The largest absolute Gasteiger partial charge is 0.310 e. The van der Waals surface area contributed by atoms with Crippen molar-refractivity contribution < 1.29 is 0 Å². The van der Waals surface area contributed by atoms with Crippen LogP contribution in [0, 0.1) is 5.92 Å². The van der Waals surface area contributed by atoms with E-state index in [9.17, 15) is 0 Å². The van der Waals surface area contributed by atoms with Gasteiger partial charge in [0.25, 0.3) is 0 Å². The molecule has 1 aromatic carbocycles. The Morgan fingerprint density at radius 3 is 2.45 bits per heavy atom. The Morgan fingerprint density at radius 1 is 1.25 bits per heavy atom.